The summed E-state index contributed by atoms with van der Waals surface area (Å²) in [6, 6.07) is 5.56. The number of rotatable bonds is 4. The van der Waals surface area contributed by atoms with Gasteiger partial charge in [-0.15, -0.1) is 0 Å². The molecular formula is C15H10F3N3O2. The van der Waals surface area contributed by atoms with Gasteiger partial charge in [0.25, 0.3) is 12.0 Å². The van der Waals surface area contributed by atoms with E-state index in [2.05, 4.69) is 15.0 Å². The van der Waals surface area contributed by atoms with E-state index in [0.717, 1.165) is 12.5 Å². The van der Waals surface area contributed by atoms with Crippen molar-refractivity contribution in [3.05, 3.63) is 53.0 Å². The van der Waals surface area contributed by atoms with Crippen molar-refractivity contribution in [1.82, 2.24) is 15.0 Å². The van der Waals surface area contributed by atoms with Gasteiger partial charge >= 0.3 is 0 Å². The van der Waals surface area contributed by atoms with E-state index in [-0.39, 0.29) is 16.7 Å². The molecule has 0 aliphatic heterocycles. The third-order valence-corrected chi connectivity index (χ3v) is 3.10. The minimum Gasteiger partial charge on any atom is -0.485 e. The SMILES string of the molecule is O=c1[nH]cnc2c(OCC(F)F)cc(-c3ccc(F)cn3)cc12. The third-order valence-electron chi connectivity index (χ3n) is 3.10. The number of aromatic nitrogens is 3. The van der Waals surface area contributed by atoms with Crippen LogP contribution in [-0.4, -0.2) is 28.0 Å². The topological polar surface area (TPSA) is 67.9 Å². The van der Waals surface area contributed by atoms with E-state index in [1.165, 1.54) is 24.3 Å². The van der Waals surface area contributed by atoms with Crippen molar-refractivity contribution in [2.75, 3.05) is 6.61 Å². The summed E-state index contributed by atoms with van der Waals surface area (Å²) in [6.07, 6.45) is -0.484. The lowest BCUT2D eigenvalue weighted by Gasteiger charge is -2.10. The number of ether oxygens (including phenoxy) is 1. The largest absolute Gasteiger partial charge is 0.485 e. The molecule has 1 aromatic carbocycles. The second-order valence-electron chi connectivity index (χ2n) is 4.67. The Morgan fingerprint density at radius 1 is 1.22 bits per heavy atom. The highest BCUT2D eigenvalue weighted by atomic mass is 19.3. The minimum absolute atomic E-state index is 0.0371. The van der Waals surface area contributed by atoms with Crippen LogP contribution in [0.2, 0.25) is 0 Å². The van der Waals surface area contributed by atoms with Gasteiger partial charge in [0.1, 0.15) is 23.7 Å². The van der Waals surface area contributed by atoms with Crippen molar-refractivity contribution in [1.29, 1.82) is 0 Å². The van der Waals surface area contributed by atoms with Gasteiger partial charge in [0, 0.05) is 5.56 Å². The second kappa shape index (κ2) is 6.07. The Balaban J connectivity index is 2.17. The number of aromatic amines is 1. The van der Waals surface area contributed by atoms with E-state index >= 15 is 0 Å². The number of H-pyrrole nitrogens is 1. The van der Waals surface area contributed by atoms with Crippen LogP contribution in [0.1, 0.15) is 0 Å². The number of pyridine rings is 1. The first-order valence-electron chi connectivity index (χ1n) is 6.59. The molecule has 0 bridgehead atoms. The standard InChI is InChI=1S/C15H10F3N3O2/c16-9-1-2-11(19-5-9)8-3-10-14(20-7-21-15(10)22)12(4-8)23-6-13(17)18/h1-5,7,13H,6H2,(H,20,21,22). The van der Waals surface area contributed by atoms with Gasteiger partial charge < -0.3 is 9.72 Å². The van der Waals surface area contributed by atoms with Gasteiger partial charge in [0.2, 0.25) is 0 Å². The number of nitrogens with one attached hydrogen (secondary N) is 1. The van der Waals surface area contributed by atoms with Crippen LogP contribution >= 0.6 is 0 Å². The highest BCUT2D eigenvalue weighted by molar-refractivity contribution is 5.88. The summed E-state index contributed by atoms with van der Waals surface area (Å²) in [5, 5.41) is 0.167. The number of benzene rings is 1. The summed E-state index contributed by atoms with van der Waals surface area (Å²) in [6.45, 7) is -0.829. The fourth-order valence-electron chi connectivity index (χ4n) is 2.10. The van der Waals surface area contributed by atoms with Crippen LogP contribution in [0, 0.1) is 5.82 Å². The molecule has 0 unspecified atom stereocenters. The summed E-state index contributed by atoms with van der Waals surface area (Å²) in [4.78, 5) is 22.2. The maximum atomic E-state index is 13.0. The number of hydrogen-bond acceptors (Lipinski definition) is 4. The van der Waals surface area contributed by atoms with E-state index in [1.807, 2.05) is 0 Å². The normalized spacial score (nSPS) is 11.1. The lowest BCUT2D eigenvalue weighted by Crippen LogP contribution is -2.11. The minimum atomic E-state index is -2.67. The molecule has 0 amide bonds. The van der Waals surface area contributed by atoms with Gasteiger partial charge in [-0.2, -0.15) is 0 Å². The highest BCUT2D eigenvalue weighted by Gasteiger charge is 2.13. The Hall–Kier alpha value is -2.90. The lowest BCUT2D eigenvalue weighted by atomic mass is 10.1. The lowest BCUT2D eigenvalue weighted by molar-refractivity contribution is 0.0826. The Kier molecular flexibility index (Phi) is 3.96. The summed E-state index contributed by atoms with van der Waals surface area (Å²) >= 11 is 0. The first-order valence-corrected chi connectivity index (χ1v) is 6.59. The molecule has 0 atom stereocenters. The molecule has 1 N–H and O–H groups in total. The summed E-state index contributed by atoms with van der Waals surface area (Å²) < 4.78 is 42.8. The first-order chi connectivity index (χ1) is 11.0. The summed E-state index contributed by atoms with van der Waals surface area (Å²) in [5.74, 6) is -0.474. The number of alkyl halides is 2. The van der Waals surface area contributed by atoms with Gasteiger partial charge in [-0.3, -0.25) is 9.78 Å². The fourth-order valence-corrected chi connectivity index (χ4v) is 2.10. The molecule has 8 heteroatoms. The molecule has 3 rings (SSSR count). The zero-order valence-corrected chi connectivity index (χ0v) is 11.6. The van der Waals surface area contributed by atoms with Crippen molar-refractivity contribution in [2.45, 2.75) is 6.43 Å². The van der Waals surface area contributed by atoms with Gasteiger partial charge in [0.15, 0.2) is 0 Å². The highest BCUT2D eigenvalue weighted by Crippen LogP contribution is 2.29. The molecule has 23 heavy (non-hydrogen) atoms. The van der Waals surface area contributed by atoms with E-state index in [4.69, 9.17) is 4.74 Å². The van der Waals surface area contributed by atoms with Gasteiger partial charge in [0.05, 0.1) is 23.6 Å². The molecule has 0 aliphatic rings. The molecule has 0 fully saturated rings. The van der Waals surface area contributed by atoms with E-state index in [0.29, 0.717) is 11.3 Å². The smallest absolute Gasteiger partial charge is 0.272 e. The van der Waals surface area contributed by atoms with E-state index in [9.17, 15) is 18.0 Å². The van der Waals surface area contributed by atoms with Crippen LogP contribution in [-0.2, 0) is 0 Å². The van der Waals surface area contributed by atoms with E-state index < -0.39 is 24.4 Å². The fraction of sp³-hybridized carbons (Fsp3) is 0.133. The van der Waals surface area contributed by atoms with Gasteiger partial charge in [-0.25, -0.2) is 18.2 Å². The molecule has 0 radical (unpaired) electrons. The second-order valence-corrected chi connectivity index (χ2v) is 4.67. The van der Waals surface area contributed by atoms with Crippen LogP contribution < -0.4 is 10.3 Å². The Morgan fingerprint density at radius 2 is 2.04 bits per heavy atom. The molecular weight excluding hydrogens is 311 g/mol. The molecule has 5 nitrogen and oxygen atoms in total. The molecule has 0 saturated carbocycles. The molecule has 0 aliphatic carbocycles. The summed E-state index contributed by atoms with van der Waals surface area (Å²) in [5.41, 5.74) is 0.528. The van der Waals surface area contributed by atoms with Gasteiger partial charge in [-0.1, -0.05) is 0 Å². The van der Waals surface area contributed by atoms with Crippen molar-refractivity contribution in [3.8, 4) is 17.0 Å². The number of fused-ring (bicyclic) bond motifs is 1. The van der Waals surface area contributed by atoms with Crippen LogP contribution in [0.3, 0.4) is 0 Å². The third kappa shape index (κ3) is 3.15. The average Bonchev–Trinajstić information content (AvgIpc) is 2.54. The summed E-state index contributed by atoms with van der Waals surface area (Å²) in [7, 11) is 0. The number of halogens is 3. The monoisotopic (exact) mass is 321 g/mol. The number of nitrogens with zero attached hydrogens (tertiary/aromatic N) is 2. The predicted octanol–water partition coefficient (Wildman–Crippen LogP) is 2.77. The van der Waals surface area contributed by atoms with Crippen LogP contribution in [0.4, 0.5) is 13.2 Å². The van der Waals surface area contributed by atoms with Crippen molar-refractivity contribution in [2.24, 2.45) is 0 Å². The van der Waals surface area contributed by atoms with Crippen molar-refractivity contribution < 1.29 is 17.9 Å². The first kappa shape index (κ1) is 15.0. The maximum Gasteiger partial charge on any atom is 0.272 e. The predicted molar refractivity (Wildman–Crippen MR) is 77.1 cm³/mol. The molecule has 0 spiro atoms. The average molecular weight is 321 g/mol. The Morgan fingerprint density at radius 3 is 2.74 bits per heavy atom. The molecule has 0 saturated heterocycles. The number of hydrogen-bond donors (Lipinski definition) is 1. The van der Waals surface area contributed by atoms with Crippen LogP contribution in [0.15, 0.2) is 41.6 Å². The zero-order valence-electron chi connectivity index (χ0n) is 11.6. The van der Waals surface area contributed by atoms with Crippen LogP contribution in [0.25, 0.3) is 22.2 Å². The molecule has 2 heterocycles. The van der Waals surface area contributed by atoms with E-state index in [1.54, 1.807) is 0 Å². The Bertz CT molecular complexity index is 895. The van der Waals surface area contributed by atoms with Crippen molar-refractivity contribution >= 4 is 10.9 Å². The molecule has 118 valence electrons. The molecule has 3 aromatic rings. The quantitative estimate of drug-likeness (QED) is 0.802. The Labute approximate surface area is 127 Å². The zero-order chi connectivity index (χ0) is 16.4. The van der Waals surface area contributed by atoms with Crippen LogP contribution in [0.5, 0.6) is 5.75 Å². The van der Waals surface area contributed by atoms with Crippen molar-refractivity contribution in [3.63, 3.8) is 0 Å². The molecule has 2 aromatic heterocycles. The van der Waals surface area contributed by atoms with Gasteiger partial charge in [-0.05, 0) is 24.3 Å². The maximum absolute atomic E-state index is 13.0.